The maximum Gasteiger partial charge on any atom is 0.270 e. The second kappa shape index (κ2) is 14.0. The number of nitrogens with one attached hydrogen (secondary N) is 3. The number of hydrogen-bond acceptors (Lipinski definition) is 7. The molecule has 2 amide bonds. The van der Waals surface area contributed by atoms with Crippen molar-refractivity contribution < 1.29 is 14.4 Å². The number of amides is 2. The highest BCUT2D eigenvalue weighted by molar-refractivity contribution is 5.99. The minimum Gasteiger partial charge on any atom is -0.360 e. The first-order chi connectivity index (χ1) is 16.5. The molecular weight excluding hydrogens is 446 g/mol. The molecule has 10 nitrogen and oxygen atoms in total. The van der Waals surface area contributed by atoms with Gasteiger partial charge in [0.2, 0.25) is 5.91 Å². The standard InChI is InChI=1S/C24H33N7O3.CH4/c1-4-6-7-8-9-10-17-13-25-22(29-17)16(3)31-34-18(5-2)14-26-24(33)21-19-11-12-20(32)30-23(19)28-15-27-21;/h5,13,15H,4,6-12,14H2,1-3H3,(H,25,29)(H,26,33)(H,27,28,30,32);1H4/b18-5-,31-16+;. The first-order valence-corrected chi connectivity index (χ1v) is 11.8. The number of H-pyrrole nitrogens is 1. The molecule has 0 aliphatic carbocycles. The predicted octanol–water partition coefficient (Wildman–Crippen LogP) is 4.31. The van der Waals surface area contributed by atoms with E-state index in [4.69, 9.17) is 4.84 Å². The summed E-state index contributed by atoms with van der Waals surface area (Å²) in [6.07, 6.45) is 12.7. The maximum absolute atomic E-state index is 12.7. The number of oxime groups is 1. The third kappa shape index (κ3) is 8.01. The lowest BCUT2D eigenvalue weighted by Gasteiger charge is -2.17. The minimum absolute atomic E-state index is 0. The van der Waals surface area contributed by atoms with Crippen molar-refractivity contribution in [2.45, 2.75) is 79.6 Å². The fraction of sp³-hybridized carbons (Fsp3) is 0.520. The van der Waals surface area contributed by atoms with Gasteiger partial charge in [0.25, 0.3) is 5.91 Å². The van der Waals surface area contributed by atoms with Gasteiger partial charge in [-0.25, -0.2) is 15.0 Å². The fourth-order valence-corrected chi connectivity index (χ4v) is 3.58. The zero-order valence-electron chi connectivity index (χ0n) is 20.1. The van der Waals surface area contributed by atoms with Gasteiger partial charge in [0.15, 0.2) is 5.82 Å². The molecular formula is C25H37N7O3. The van der Waals surface area contributed by atoms with E-state index in [0.717, 1.165) is 18.5 Å². The van der Waals surface area contributed by atoms with Crippen LogP contribution in [-0.4, -0.2) is 44.0 Å². The van der Waals surface area contributed by atoms with Crippen LogP contribution < -0.4 is 10.6 Å². The number of hydrogen-bond donors (Lipinski definition) is 3. The smallest absolute Gasteiger partial charge is 0.270 e. The molecule has 10 heteroatoms. The lowest BCUT2D eigenvalue weighted by Crippen LogP contribution is -2.30. The first kappa shape index (κ1) is 27.7. The van der Waals surface area contributed by atoms with Crippen LogP contribution in [0.25, 0.3) is 0 Å². The number of aromatic nitrogens is 4. The summed E-state index contributed by atoms with van der Waals surface area (Å²) in [7, 11) is 0. The molecule has 0 saturated heterocycles. The molecule has 2 aromatic rings. The van der Waals surface area contributed by atoms with Crippen molar-refractivity contribution in [3.8, 4) is 0 Å². The summed E-state index contributed by atoms with van der Waals surface area (Å²) in [5, 5.41) is 9.62. The van der Waals surface area contributed by atoms with Crippen LogP contribution in [-0.2, 0) is 22.5 Å². The number of aryl methyl sites for hydroxylation is 1. The second-order valence-corrected chi connectivity index (χ2v) is 8.22. The summed E-state index contributed by atoms with van der Waals surface area (Å²) >= 11 is 0. The van der Waals surface area contributed by atoms with E-state index in [1.54, 1.807) is 13.0 Å². The van der Waals surface area contributed by atoms with Gasteiger partial charge < -0.3 is 20.5 Å². The predicted molar refractivity (Wildman–Crippen MR) is 136 cm³/mol. The Bertz CT molecular complexity index is 1060. The molecule has 0 atom stereocenters. The van der Waals surface area contributed by atoms with E-state index in [0.29, 0.717) is 41.5 Å². The zero-order chi connectivity index (χ0) is 24.3. The molecule has 3 N–H and O–H groups in total. The summed E-state index contributed by atoms with van der Waals surface area (Å²) in [6.45, 7) is 5.97. The van der Waals surface area contributed by atoms with Crippen molar-refractivity contribution in [2.75, 3.05) is 11.9 Å². The molecule has 190 valence electrons. The molecule has 0 aromatic carbocycles. The van der Waals surface area contributed by atoms with E-state index in [1.807, 2.05) is 13.1 Å². The summed E-state index contributed by atoms with van der Waals surface area (Å²) in [6, 6.07) is 0. The highest BCUT2D eigenvalue weighted by atomic mass is 16.6. The maximum atomic E-state index is 12.7. The Hall–Kier alpha value is -3.56. The molecule has 3 rings (SSSR count). The highest BCUT2D eigenvalue weighted by Gasteiger charge is 2.23. The zero-order valence-corrected chi connectivity index (χ0v) is 20.1. The molecule has 35 heavy (non-hydrogen) atoms. The monoisotopic (exact) mass is 483 g/mol. The minimum atomic E-state index is -0.368. The van der Waals surface area contributed by atoms with E-state index < -0.39 is 0 Å². The van der Waals surface area contributed by atoms with E-state index in [-0.39, 0.29) is 31.5 Å². The molecule has 2 aromatic heterocycles. The number of imidazole rings is 1. The van der Waals surface area contributed by atoms with Crippen molar-refractivity contribution in [3.05, 3.63) is 47.1 Å². The van der Waals surface area contributed by atoms with E-state index >= 15 is 0 Å². The number of unbranched alkanes of at least 4 members (excludes halogenated alkanes) is 4. The van der Waals surface area contributed by atoms with Crippen LogP contribution in [0.1, 0.15) is 94.3 Å². The van der Waals surface area contributed by atoms with Gasteiger partial charge in [-0.2, -0.15) is 0 Å². The summed E-state index contributed by atoms with van der Waals surface area (Å²) < 4.78 is 0. The van der Waals surface area contributed by atoms with Crippen LogP contribution in [0.15, 0.2) is 29.5 Å². The largest absolute Gasteiger partial charge is 0.360 e. The van der Waals surface area contributed by atoms with Crippen molar-refractivity contribution >= 4 is 23.3 Å². The third-order valence-corrected chi connectivity index (χ3v) is 5.59. The number of nitrogens with zero attached hydrogens (tertiary/aromatic N) is 4. The number of anilines is 1. The summed E-state index contributed by atoms with van der Waals surface area (Å²) in [5.41, 5.74) is 2.58. The van der Waals surface area contributed by atoms with Crippen LogP contribution in [0.3, 0.4) is 0 Å². The topological polar surface area (TPSA) is 134 Å². The molecule has 1 aliphatic rings. The van der Waals surface area contributed by atoms with E-state index in [9.17, 15) is 9.59 Å². The van der Waals surface area contributed by atoms with Gasteiger partial charge in [0.1, 0.15) is 29.3 Å². The number of aromatic amines is 1. The molecule has 0 unspecified atom stereocenters. The Morgan fingerprint density at radius 3 is 2.77 bits per heavy atom. The Morgan fingerprint density at radius 1 is 1.20 bits per heavy atom. The lowest BCUT2D eigenvalue weighted by atomic mass is 10.0. The van der Waals surface area contributed by atoms with Crippen LogP contribution in [0.5, 0.6) is 0 Å². The lowest BCUT2D eigenvalue weighted by molar-refractivity contribution is -0.116. The number of fused-ring (bicyclic) bond motifs is 1. The number of carbonyl (C=O) groups excluding carboxylic acids is 2. The summed E-state index contributed by atoms with van der Waals surface area (Å²) in [5.74, 6) is 1.04. The Kier molecular flexibility index (Phi) is 11.1. The Labute approximate surface area is 207 Å². The van der Waals surface area contributed by atoms with Crippen molar-refractivity contribution in [2.24, 2.45) is 5.16 Å². The Morgan fingerprint density at radius 2 is 2.00 bits per heavy atom. The number of rotatable bonds is 12. The van der Waals surface area contributed by atoms with Gasteiger partial charge in [-0.15, -0.1) is 0 Å². The average molecular weight is 484 g/mol. The van der Waals surface area contributed by atoms with Gasteiger partial charge in [0.05, 0.1) is 6.54 Å². The van der Waals surface area contributed by atoms with Gasteiger partial charge in [0, 0.05) is 23.9 Å². The molecule has 0 radical (unpaired) electrons. The van der Waals surface area contributed by atoms with Crippen LogP contribution >= 0.6 is 0 Å². The first-order valence-electron chi connectivity index (χ1n) is 11.8. The van der Waals surface area contributed by atoms with Crippen LogP contribution in [0, 0.1) is 0 Å². The van der Waals surface area contributed by atoms with Crippen LogP contribution in [0.2, 0.25) is 0 Å². The number of allylic oxidation sites excluding steroid dienone is 1. The van der Waals surface area contributed by atoms with Crippen LogP contribution in [0.4, 0.5) is 5.82 Å². The van der Waals surface area contributed by atoms with Gasteiger partial charge in [-0.3, -0.25) is 9.59 Å². The van der Waals surface area contributed by atoms with Crippen molar-refractivity contribution in [1.82, 2.24) is 25.3 Å². The average Bonchev–Trinajstić information content (AvgIpc) is 3.32. The summed E-state index contributed by atoms with van der Waals surface area (Å²) in [4.78, 5) is 45.6. The normalized spacial score (nSPS) is 13.5. The molecule has 3 heterocycles. The quantitative estimate of drug-likeness (QED) is 0.178. The van der Waals surface area contributed by atoms with Crippen molar-refractivity contribution in [1.29, 1.82) is 0 Å². The molecule has 0 spiro atoms. The van der Waals surface area contributed by atoms with E-state index in [1.165, 1.54) is 32.0 Å². The van der Waals surface area contributed by atoms with Gasteiger partial charge in [-0.05, 0) is 39.2 Å². The van der Waals surface area contributed by atoms with Crippen molar-refractivity contribution in [3.63, 3.8) is 0 Å². The molecule has 0 bridgehead atoms. The Balaban J connectivity index is 0.00000432. The molecule has 0 saturated carbocycles. The fourth-order valence-electron chi connectivity index (χ4n) is 3.58. The molecule has 0 fully saturated rings. The number of carbonyl (C=O) groups is 2. The molecule has 1 aliphatic heterocycles. The van der Waals surface area contributed by atoms with Gasteiger partial charge in [-0.1, -0.05) is 45.2 Å². The van der Waals surface area contributed by atoms with Gasteiger partial charge >= 0.3 is 0 Å². The second-order valence-electron chi connectivity index (χ2n) is 8.22. The van der Waals surface area contributed by atoms with E-state index in [2.05, 4.69) is 42.6 Å². The highest BCUT2D eigenvalue weighted by Crippen LogP contribution is 2.22. The SMILES string of the molecule is C.C/C=C(/CNC(=O)c1ncnc2c1CCC(=O)N2)O/N=C(\C)c1ncc(CCCCCCC)[nH]1. The third-order valence-electron chi connectivity index (χ3n) is 5.59.